The van der Waals surface area contributed by atoms with Crippen molar-refractivity contribution in [3.8, 4) is 5.75 Å². The topological polar surface area (TPSA) is 50.3 Å². The van der Waals surface area contributed by atoms with Gasteiger partial charge in [-0.15, -0.1) is 11.3 Å². The van der Waals surface area contributed by atoms with Gasteiger partial charge >= 0.3 is 0 Å². The third kappa shape index (κ3) is 3.16. The molecule has 0 spiro atoms. The molecule has 5 rings (SSSR count). The highest BCUT2D eigenvalue weighted by Gasteiger charge is 2.23. The molecule has 2 aromatic carbocycles. The van der Waals surface area contributed by atoms with Crippen LogP contribution in [-0.2, 0) is 0 Å². The van der Waals surface area contributed by atoms with Crippen LogP contribution in [0.4, 0.5) is 16.5 Å². The number of aryl methyl sites for hydroxylation is 1. The van der Waals surface area contributed by atoms with E-state index in [1.54, 1.807) is 29.5 Å². The second kappa shape index (κ2) is 7.33. The standard InChI is InChI=1S/C21H18N4OS2/c1-14-2-3-15-13-22-7-6-17(15)20(14)25-9-10-26-19-12-16(4-5-18(19)25)28-24-21-23-8-11-27-21/h2-8,11-13H,9-10H2,1H3,(H,23,24). The quantitative estimate of drug-likeness (QED) is 0.442. The predicted molar refractivity (Wildman–Crippen MR) is 117 cm³/mol. The molecule has 28 heavy (non-hydrogen) atoms. The highest BCUT2D eigenvalue weighted by molar-refractivity contribution is 8.00. The Morgan fingerprint density at radius 3 is 3.04 bits per heavy atom. The molecule has 0 bridgehead atoms. The van der Waals surface area contributed by atoms with Crippen LogP contribution < -0.4 is 14.4 Å². The summed E-state index contributed by atoms with van der Waals surface area (Å²) in [6.45, 7) is 3.63. The molecule has 3 heterocycles. The van der Waals surface area contributed by atoms with Crippen molar-refractivity contribution < 1.29 is 4.74 Å². The SMILES string of the molecule is Cc1ccc2cnccc2c1N1CCOc2cc(SNc3nccs3)ccc21. The van der Waals surface area contributed by atoms with Gasteiger partial charge in [-0.2, -0.15) is 0 Å². The van der Waals surface area contributed by atoms with Crippen LogP contribution in [0.25, 0.3) is 10.8 Å². The summed E-state index contributed by atoms with van der Waals surface area (Å²) < 4.78 is 9.27. The third-order valence-corrected chi connectivity index (χ3v) is 6.35. The molecule has 0 atom stereocenters. The Balaban J connectivity index is 1.51. The van der Waals surface area contributed by atoms with Crippen molar-refractivity contribution in [2.45, 2.75) is 11.8 Å². The molecule has 0 aliphatic carbocycles. The number of benzene rings is 2. The summed E-state index contributed by atoms with van der Waals surface area (Å²) >= 11 is 3.13. The van der Waals surface area contributed by atoms with Crippen molar-refractivity contribution in [2.75, 3.05) is 22.8 Å². The Morgan fingerprint density at radius 2 is 2.14 bits per heavy atom. The van der Waals surface area contributed by atoms with Crippen LogP contribution in [0.15, 0.2) is 65.3 Å². The molecular formula is C21H18N4OS2. The van der Waals surface area contributed by atoms with Crippen molar-refractivity contribution >= 4 is 50.6 Å². The number of nitrogens with zero attached hydrogens (tertiary/aromatic N) is 3. The van der Waals surface area contributed by atoms with Gasteiger partial charge in [0.1, 0.15) is 12.4 Å². The average Bonchev–Trinajstić information content (AvgIpc) is 3.25. The van der Waals surface area contributed by atoms with Gasteiger partial charge in [0, 0.05) is 39.6 Å². The summed E-state index contributed by atoms with van der Waals surface area (Å²) in [5.41, 5.74) is 3.57. The van der Waals surface area contributed by atoms with Crippen molar-refractivity contribution in [2.24, 2.45) is 0 Å². The van der Waals surface area contributed by atoms with Gasteiger partial charge in [-0.3, -0.25) is 4.98 Å². The van der Waals surface area contributed by atoms with Gasteiger partial charge in [-0.25, -0.2) is 4.98 Å². The molecule has 1 N–H and O–H groups in total. The van der Waals surface area contributed by atoms with Gasteiger partial charge in [-0.1, -0.05) is 12.1 Å². The molecule has 0 amide bonds. The minimum absolute atomic E-state index is 0.655. The maximum atomic E-state index is 6.00. The number of aromatic nitrogens is 2. The first-order valence-corrected chi connectivity index (χ1v) is 10.7. The van der Waals surface area contributed by atoms with Gasteiger partial charge in [0.2, 0.25) is 0 Å². The molecule has 4 aromatic rings. The number of hydrogen-bond acceptors (Lipinski definition) is 7. The predicted octanol–water partition coefficient (Wildman–Crippen LogP) is 5.65. The van der Waals surface area contributed by atoms with Crippen LogP contribution in [-0.4, -0.2) is 23.1 Å². The number of thiazole rings is 1. The lowest BCUT2D eigenvalue weighted by atomic mass is 10.0. The van der Waals surface area contributed by atoms with E-state index in [0.717, 1.165) is 33.4 Å². The Morgan fingerprint density at radius 1 is 1.18 bits per heavy atom. The van der Waals surface area contributed by atoms with Crippen LogP contribution >= 0.6 is 23.3 Å². The Hall–Kier alpha value is -2.77. The van der Waals surface area contributed by atoms with Crippen molar-refractivity contribution in [1.82, 2.24) is 9.97 Å². The molecule has 5 nitrogen and oxygen atoms in total. The Kier molecular flexibility index (Phi) is 4.54. The van der Waals surface area contributed by atoms with Gasteiger partial charge in [0.05, 0.1) is 17.9 Å². The van der Waals surface area contributed by atoms with Crippen molar-refractivity contribution in [3.05, 3.63) is 65.9 Å². The lowest BCUT2D eigenvalue weighted by Crippen LogP contribution is -2.29. The maximum absolute atomic E-state index is 6.00. The zero-order valence-corrected chi connectivity index (χ0v) is 16.9. The van der Waals surface area contributed by atoms with E-state index < -0.39 is 0 Å². The molecular weight excluding hydrogens is 388 g/mol. The molecule has 2 aromatic heterocycles. The number of ether oxygens (including phenoxy) is 1. The smallest absolute Gasteiger partial charge is 0.192 e. The monoisotopic (exact) mass is 406 g/mol. The zero-order chi connectivity index (χ0) is 18.9. The van der Waals surface area contributed by atoms with Gasteiger partial charge in [-0.05, 0) is 48.7 Å². The number of nitrogens with one attached hydrogen (secondary N) is 1. The number of pyridine rings is 1. The molecule has 7 heteroatoms. The summed E-state index contributed by atoms with van der Waals surface area (Å²) in [6.07, 6.45) is 5.57. The van der Waals surface area contributed by atoms with Gasteiger partial charge in [0.25, 0.3) is 0 Å². The molecule has 1 aliphatic heterocycles. The van der Waals surface area contributed by atoms with E-state index >= 15 is 0 Å². The second-order valence-corrected chi connectivity index (χ2v) is 8.27. The van der Waals surface area contributed by atoms with E-state index in [1.165, 1.54) is 16.6 Å². The third-order valence-electron chi connectivity index (χ3n) is 4.75. The van der Waals surface area contributed by atoms with E-state index in [9.17, 15) is 0 Å². The fraction of sp³-hybridized carbons (Fsp3) is 0.143. The van der Waals surface area contributed by atoms with Crippen LogP contribution in [0.2, 0.25) is 0 Å². The fourth-order valence-corrected chi connectivity index (χ4v) is 4.74. The summed E-state index contributed by atoms with van der Waals surface area (Å²) in [4.78, 5) is 12.0. The van der Waals surface area contributed by atoms with Crippen molar-refractivity contribution in [1.29, 1.82) is 0 Å². The lowest BCUT2D eigenvalue weighted by molar-refractivity contribution is 0.313. The lowest BCUT2D eigenvalue weighted by Gasteiger charge is -2.33. The minimum atomic E-state index is 0.655. The Labute approximate surface area is 171 Å². The summed E-state index contributed by atoms with van der Waals surface area (Å²) in [7, 11) is 0. The number of rotatable bonds is 4. The molecule has 0 saturated heterocycles. The van der Waals surface area contributed by atoms with Crippen LogP contribution in [0, 0.1) is 6.92 Å². The van der Waals surface area contributed by atoms with E-state index in [1.807, 2.05) is 17.8 Å². The van der Waals surface area contributed by atoms with E-state index in [0.29, 0.717) is 6.61 Å². The molecule has 0 radical (unpaired) electrons. The second-order valence-electron chi connectivity index (χ2n) is 6.50. The highest BCUT2D eigenvalue weighted by Crippen LogP contribution is 2.42. The van der Waals surface area contributed by atoms with Crippen LogP contribution in [0.1, 0.15) is 5.56 Å². The molecule has 140 valence electrons. The van der Waals surface area contributed by atoms with Gasteiger partial charge < -0.3 is 14.4 Å². The number of anilines is 3. The van der Waals surface area contributed by atoms with E-state index in [4.69, 9.17) is 4.74 Å². The first-order chi connectivity index (χ1) is 13.8. The summed E-state index contributed by atoms with van der Waals surface area (Å²) in [5, 5.41) is 5.21. The molecule has 0 fully saturated rings. The largest absolute Gasteiger partial charge is 0.489 e. The zero-order valence-electron chi connectivity index (χ0n) is 15.3. The van der Waals surface area contributed by atoms with Crippen molar-refractivity contribution in [3.63, 3.8) is 0 Å². The Bertz CT molecular complexity index is 1130. The molecule has 0 unspecified atom stereocenters. The maximum Gasteiger partial charge on any atom is 0.192 e. The average molecular weight is 407 g/mol. The highest BCUT2D eigenvalue weighted by atomic mass is 32.2. The summed E-state index contributed by atoms with van der Waals surface area (Å²) in [5.74, 6) is 0.905. The molecule has 1 aliphatic rings. The first-order valence-electron chi connectivity index (χ1n) is 9.00. The van der Waals surface area contributed by atoms with E-state index in [-0.39, 0.29) is 0 Å². The normalized spacial score (nSPS) is 13.2. The fourth-order valence-electron chi connectivity index (χ4n) is 3.49. The van der Waals surface area contributed by atoms with Crippen LogP contribution in [0.5, 0.6) is 5.75 Å². The number of hydrogen-bond donors (Lipinski definition) is 1. The van der Waals surface area contributed by atoms with Crippen LogP contribution in [0.3, 0.4) is 0 Å². The minimum Gasteiger partial charge on any atom is -0.489 e. The molecule has 0 saturated carbocycles. The summed E-state index contributed by atoms with van der Waals surface area (Å²) in [6, 6.07) is 12.7. The number of fused-ring (bicyclic) bond motifs is 2. The van der Waals surface area contributed by atoms with E-state index in [2.05, 4.69) is 62.9 Å². The van der Waals surface area contributed by atoms with Gasteiger partial charge in [0.15, 0.2) is 5.13 Å². The first kappa shape index (κ1) is 17.3.